The van der Waals surface area contributed by atoms with E-state index in [0.29, 0.717) is 6.42 Å². The third kappa shape index (κ3) is 4.14. The molecule has 2 heterocycles. The van der Waals surface area contributed by atoms with Gasteiger partial charge in [-0.25, -0.2) is 4.39 Å². The first-order valence-electron chi connectivity index (χ1n) is 10.4. The van der Waals surface area contributed by atoms with Gasteiger partial charge in [0.15, 0.2) is 0 Å². The normalized spacial score (nSPS) is 21.8. The van der Waals surface area contributed by atoms with E-state index in [0.717, 1.165) is 53.4 Å². The summed E-state index contributed by atoms with van der Waals surface area (Å²) in [7, 11) is 0. The molecule has 2 aromatic rings. The van der Waals surface area contributed by atoms with Gasteiger partial charge in [-0.05, 0) is 88.8 Å². The number of allylic oxidation sites excluding steroid dienone is 1. The van der Waals surface area contributed by atoms with Gasteiger partial charge in [0.05, 0.1) is 5.69 Å². The Balaban J connectivity index is 1.54. The van der Waals surface area contributed by atoms with E-state index in [1.165, 1.54) is 31.5 Å². The first-order valence-corrected chi connectivity index (χ1v) is 10.4. The zero-order chi connectivity index (χ0) is 19.7. The maximum atomic E-state index is 13.3. The Labute approximate surface area is 166 Å². The number of nitrogens with one attached hydrogen (secondary N) is 1. The first kappa shape index (κ1) is 19.2. The number of likely N-dealkylation sites (tertiary alicyclic amines) is 1. The van der Waals surface area contributed by atoms with Crippen molar-refractivity contribution in [1.29, 1.82) is 0 Å². The Morgan fingerprint density at radius 3 is 2.71 bits per heavy atom. The van der Waals surface area contributed by atoms with E-state index in [9.17, 15) is 4.39 Å². The lowest BCUT2D eigenvalue weighted by Gasteiger charge is -2.17. The van der Waals surface area contributed by atoms with E-state index >= 15 is 0 Å². The summed E-state index contributed by atoms with van der Waals surface area (Å²) in [5, 5.41) is 7.45. The van der Waals surface area contributed by atoms with Crippen molar-refractivity contribution < 1.29 is 8.91 Å². The number of aryl methyl sites for hydroxylation is 3. The van der Waals surface area contributed by atoms with Crippen molar-refractivity contribution in [3.8, 4) is 11.1 Å². The Morgan fingerprint density at radius 2 is 2.07 bits per heavy atom. The smallest absolute Gasteiger partial charge is 0.141 e. The molecular weight excluding hydrogens is 353 g/mol. The maximum Gasteiger partial charge on any atom is 0.141 e. The van der Waals surface area contributed by atoms with Crippen molar-refractivity contribution in [2.75, 3.05) is 25.0 Å². The molecule has 1 saturated carbocycles. The Hall–Kier alpha value is -2.14. The minimum Gasteiger partial charge on any atom is -0.361 e. The third-order valence-corrected chi connectivity index (χ3v) is 6.00. The fourth-order valence-corrected chi connectivity index (χ4v) is 4.27. The van der Waals surface area contributed by atoms with Crippen LogP contribution in [0, 0.1) is 19.8 Å². The van der Waals surface area contributed by atoms with E-state index in [4.69, 9.17) is 4.52 Å². The lowest BCUT2D eigenvalue weighted by atomic mass is 9.94. The molecule has 28 heavy (non-hydrogen) atoms. The summed E-state index contributed by atoms with van der Waals surface area (Å²) in [4.78, 5) is 2.55. The summed E-state index contributed by atoms with van der Waals surface area (Å²) in [5.74, 6) is 0.780. The van der Waals surface area contributed by atoms with Crippen LogP contribution in [-0.4, -0.2) is 35.9 Å². The second kappa shape index (κ2) is 8.08. The van der Waals surface area contributed by atoms with Gasteiger partial charge in [0.2, 0.25) is 0 Å². The highest BCUT2D eigenvalue weighted by Gasteiger charge is 2.39. The number of nitrogens with zero attached hydrogens (tertiary/aromatic N) is 2. The molecule has 0 bridgehead atoms. The summed E-state index contributed by atoms with van der Waals surface area (Å²) in [5.41, 5.74) is 6.14. The summed E-state index contributed by atoms with van der Waals surface area (Å²) < 4.78 is 18.8. The maximum absolute atomic E-state index is 13.3. The van der Waals surface area contributed by atoms with Gasteiger partial charge in [-0.2, -0.15) is 0 Å². The molecule has 1 saturated heterocycles. The minimum atomic E-state index is -0.744. The number of aromatic nitrogens is 1. The molecule has 1 aliphatic heterocycles. The molecule has 0 amide bonds. The third-order valence-electron chi connectivity index (χ3n) is 6.00. The van der Waals surface area contributed by atoms with E-state index in [-0.39, 0.29) is 5.92 Å². The molecule has 0 spiro atoms. The van der Waals surface area contributed by atoms with Crippen molar-refractivity contribution in [3.63, 3.8) is 0 Å². The largest absolute Gasteiger partial charge is 0.361 e. The van der Waals surface area contributed by atoms with Crippen LogP contribution in [0.2, 0.25) is 0 Å². The van der Waals surface area contributed by atoms with E-state index in [1.54, 1.807) is 0 Å². The average molecular weight is 384 g/mol. The van der Waals surface area contributed by atoms with Gasteiger partial charge < -0.3 is 14.7 Å². The Morgan fingerprint density at radius 1 is 1.32 bits per heavy atom. The van der Waals surface area contributed by atoms with E-state index in [1.807, 2.05) is 13.8 Å². The average Bonchev–Trinajstić information content (AvgIpc) is 3.03. The fourth-order valence-electron chi connectivity index (χ4n) is 4.27. The molecular formula is C23H30FN3O. The van der Waals surface area contributed by atoms with Crippen LogP contribution in [0.15, 0.2) is 35.0 Å². The van der Waals surface area contributed by atoms with Crippen LogP contribution in [0.25, 0.3) is 11.1 Å². The van der Waals surface area contributed by atoms with Crippen LogP contribution in [0.5, 0.6) is 0 Å². The van der Waals surface area contributed by atoms with Crippen LogP contribution >= 0.6 is 0 Å². The number of halogens is 1. The second-order valence-electron chi connectivity index (χ2n) is 8.23. The molecule has 4 rings (SSSR count). The molecule has 2 fully saturated rings. The second-order valence-corrected chi connectivity index (χ2v) is 8.23. The molecule has 0 radical (unpaired) electrons. The number of hydrogen-bond donors (Lipinski definition) is 1. The molecule has 2 unspecified atom stereocenters. The molecule has 2 aliphatic rings. The van der Waals surface area contributed by atoms with Crippen molar-refractivity contribution in [2.24, 2.45) is 5.92 Å². The van der Waals surface area contributed by atoms with Crippen LogP contribution < -0.4 is 5.32 Å². The van der Waals surface area contributed by atoms with Gasteiger partial charge >= 0.3 is 0 Å². The Bertz CT molecular complexity index is 834. The molecule has 150 valence electrons. The quantitative estimate of drug-likeness (QED) is 0.674. The summed E-state index contributed by atoms with van der Waals surface area (Å²) in [6, 6.07) is 6.40. The SMILES string of the molecule is C=C(Nc1ccc(CCCN2CCCC2)c(-c2c(C)noc2C)c1)C1CC1F. The highest BCUT2D eigenvalue weighted by atomic mass is 19.1. The number of rotatable bonds is 8. The summed E-state index contributed by atoms with van der Waals surface area (Å²) in [6.07, 6.45) is 4.65. The monoisotopic (exact) mass is 383 g/mol. The van der Waals surface area contributed by atoms with E-state index in [2.05, 4.69) is 40.2 Å². The van der Waals surface area contributed by atoms with Crippen molar-refractivity contribution in [3.05, 3.63) is 47.5 Å². The number of benzene rings is 1. The first-order chi connectivity index (χ1) is 13.5. The molecule has 1 aliphatic carbocycles. The molecule has 2 atom stereocenters. The van der Waals surface area contributed by atoms with Crippen LogP contribution in [0.1, 0.15) is 42.7 Å². The van der Waals surface area contributed by atoms with Crippen molar-refractivity contribution >= 4 is 5.69 Å². The van der Waals surface area contributed by atoms with E-state index < -0.39 is 6.17 Å². The zero-order valence-electron chi connectivity index (χ0n) is 16.9. The number of anilines is 1. The van der Waals surface area contributed by atoms with Crippen LogP contribution in [0.4, 0.5) is 10.1 Å². The minimum absolute atomic E-state index is 0.0531. The van der Waals surface area contributed by atoms with Gasteiger partial charge in [-0.3, -0.25) is 0 Å². The van der Waals surface area contributed by atoms with Gasteiger partial charge in [-0.1, -0.05) is 17.8 Å². The van der Waals surface area contributed by atoms with Gasteiger partial charge in [0.25, 0.3) is 0 Å². The molecule has 4 nitrogen and oxygen atoms in total. The molecule has 1 N–H and O–H groups in total. The number of alkyl halides is 1. The molecule has 5 heteroatoms. The summed E-state index contributed by atoms with van der Waals surface area (Å²) >= 11 is 0. The lowest BCUT2D eigenvalue weighted by Crippen LogP contribution is -2.20. The predicted molar refractivity (Wildman–Crippen MR) is 111 cm³/mol. The standard InChI is InChI=1S/C23H30FN3O/c1-15(20-14-22(20)24)25-19-9-8-18(7-6-12-27-10-4-5-11-27)21(13-19)23-16(2)26-28-17(23)3/h8-9,13,20,22,25H,1,4-7,10-12,14H2,2-3H3. The van der Waals surface area contributed by atoms with Gasteiger partial charge in [-0.15, -0.1) is 0 Å². The van der Waals surface area contributed by atoms with Crippen LogP contribution in [-0.2, 0) is 6.42 Å². The summed E-state index contributed by atoms with van der Waals surface area (Å²) in [6.45, 7) is 11.6. The molecule has 1 aromatic carbocycles. The van der Waals surface area contributed by atoms with Gasteiger partial charge in [0.1, 0.15) is 11.9 Å². The fraction of sp³-hybridized carbons (Fsp3) is 0.522. The highest BCUT2D eigenvalue weighted by molar-refractivity contribution is 5.75. The predicted octanol–water partition coefficient (Wildman–Crippen LogP) is 5.27. The highest BCUT2D eigenvalue weighted by Crippen LogP contribution is 2.40. The number of hydrogen-bond acceptors (Lipinski definition) is 4. The topological polar surface area (TPSA) is 41.3 Å². The van der Waals surface area contributed by atoms with Crippen LogP contribution in [0.3, 0.4) is 0 Å². The van der Waals surface area contributed by atoms with Crippen molar-refractivity contribution in [1.82, 2.24) is 10.1 Å². The Kier molecular flexibility index (Phi) is 5.54. The van der Waals surface area contributed by atoms with Gasteiger partial charge in [0, 0.05) is 22.9 Å². The zero-order valence-corrected chi connectivity index (χ0v) is 16.9. The molecule has 1 aromatic heterocycles. The lowest BCUT2D eigenvalue weighted by molar-refractivity contribution is 0.334. The van der Waals surface area contributed by atoms with Crippen molar-refractivity contribution in [2.45, 2.75) is 52.1 Å².